The highest BCUT2D eigenvalue weighted by atomic mass is 32.2. The van der Waals surface area contributed by atoms with Crippen LogP contribution in [0.25, 0.3) is 0 Å². The number of carbonyl (C=O) groups excluding carboxylic acids is 1. The van der Waals surface area contributed by atoms with E-state index in [0.29, 0.717) is 19.6 Å². The van der Waals surface area contributed by atoms with E-state index in [-0.39, 0.29) is 16.7 Å². The van der Waals surface area contributed by atoms with Crippen LogP contribution in [0, 0.1) is 5.92 Å². The second kappa shape index (κ2) is 6.82. The van der Waals surface area contributed by atoms with E-state index >= 15 is 0 Å². The van der Waals surface area contributed by atoms with Gasteiger partial charge < -0.3 is 9.80 Å². The number of carbonyl (C=O) groups is 1. The molecule has 0 atom stereocenters. The number of amides is 1. The fourth-order valence-electron chi connectivity index (χ4n) is 3.14. The minimum atomic E-state index is -3.51. The number of rotatable bonds is 6. The molecule has 0 bridgehead atoms. The Hall–Kier alpha value is -1.44. The molecule has 1 aromatic carbocycles. The van der Waals surface area contributed by atoms with Gasteiger partial charge in [-0.2, -0.15) is 0 Å². The molecule has 1 aliphatic heterocycles. The molecule has 2 aliphatic rings. The van der Waals surface area contributed by atoms with Crippen LogP contribution in [0.2, 0.25) is 0 Å². The van der Waals surface area contributed by atoms with Gasteiger partial charge in [0.05, 0.1) is 4.90 Å². The number of hydrogen-bond acceptors (Lipinski definition) is 4. The lowest BCUT2D eigenvalue weighted by Crippen LogP contribution is -2.37. The lowest BCUT2D eigenvalue weighted by Gasteiger charge is -2.29. The lowest BCUT2D eigenvalue weighted by atomic mass is 9.84. The maximum absolute atomic E-state index is 12.5. The molecule has 7 heteroatoms. The van der Waals surface area contributed by atoms with Crippen molar-refractivity contribution in [2.75, 3.05) is 38.6 Å². The van der Waals surface area contributed by atoms with Crippen LogP contribution in [-0.2, 0) is 21.2 Å². The first-order valence-corrected chi connectivity index (χ1v) is 9.95. The van der Waals surface area contributed by atoms with Gasteiger partial charge in [-0.1, -0.05) is 6.42 Å². The third kappa shape index (κ3) is 3.48. The summed E-state index contributed by atoms with van der Waals surface area (Å²) in [5.41, 5.74) is 1.82. The summed E-state index contributed by atoms with van der Waals surface area (Å²) in [6.45, 7) is 1.68. The highest BCUT2D eigenvalue weighted by Crippen LogP contribution is 2.35. The van der Waals surface area contributed by atoms with E-state index in [2.05, 4.69) is 4.72 Å². The Morgan fingerprint density at radius 1 is 1.33 bits per heavy atom. The zero-order valence-corrected chi connectivity index (χ0v) is 15.1. The van der Waals surface area contributed by atoms with Crippen molar-refractivity contribution in [3.63, 3.8) is 0 Å². The van der Waals surface area contributed by atoms with Crippen molar-refractivity contribution in [1.29, 1.82) is 0 Å². The number of nitrogens with one attached hydrogen (secondary N) is 1. The molecule has 1 N–H and O–H groups in total. The van der Waals surface area contributed by atoms with Crippen molar-refractivity contribution in [3.05, 3.63) is 23.8 Å². The SMILES string of the molecule is CN(C)CCNS(=O)(=O)c1ccc2c(c1)CCN2C(=O)C1CCC1. The predicted molar refractivity (Wildman–Crippen MR) is 93.6 cm³/mol. The van der Waals surface area contributed by atoms with E-state index in [1.165, 1.54) is 0 Å². The van der Waals surface area contributed by atoms with Crippen molar-refractivity contribution >= 4 is 21.6 Å². The molecule has 0 aromatic heterocycles. The van der Waals surface area contributed by atoms with Gasteiger partial charge in [0.15, 0.2) is 0 Å². The second-order valence-corrected chi connectivity index (χ2v) is 8.63. The van der Waals surface area contributed by atoms with Crippen molar-refractivity contribution in [1.82, 2.24) is 9.62 Å². The van der Waals surface area contributed by atoms with E-state index in [9.17, 15) is 13.2 Å². The first kappa shape index (κ1) is 17.4. The molecule has 0 saturated heterocycles. The van der Waals surface area contributed by atoms with Gasteiger partial charge in [0.1, 0.15) is 0 Å². The summed E-state index contributed by atoms with van der Waals surface area (Å²) in [5, 5.41) is 0. The summed E-state index contributed by atoms with van der Waals surface area (Å²) in [7, 11) is 0.295. The van der Waals surface area contributed by atoms with Gasteiger partial charge >= 0.3 is 0 Å². The fraction of sp³-hybridized carbons (Fsp3) is 0.588. The minimum Gasteiger partial charge on any atom is -0.312 e. The van der Waals surface area contributed by atoms with Gasteiger partial charge in [-0.15, -0.1) is 0 Å². The molecule has 0 radical (unpaired) electrons. The normalized spacial score (nSPS) is 17.9. The van der Waals surface area contributed by atoms with Crippen LogP contribution in [0.15, 0.2) is 23.1 Å². The van der Waals surface area contributed by atoms with Crippen molar-refractivity contribution in [3.8, 4) is 0 Å². The lowest BCUT2D eigenvalue weighted by molar-refractivity contribution is -0.124. The fourth-order valence-corrected chi connectivity index (χ4v) is 4.21. The number of anilines is 1. The molecule has 1 amide bonds. The van der Waals surface area contributed by atoms with Gasteiger partial charge in [-0.3, -0.25) is 4.79 Å². The predicted octanol–water partition coefficient (Wildman–Crippen LogP) is 1.22. The molecule has 132 valence electrons. The van der Waals surface area contributed by atoms with Crippen molar-refractivity contribution < 1.29 is 13.2 Å². The van der Waals surface area contributed by atoms with Crippen LogP contribution < -0.4 is 9.62 Å². The molecule has 1 aliphatic carbocycles. The Kier molecular flexibility index (Phi) is 4.94. The van der Waals surface area contributed by atoms with Crippen LogP contribution in [0.5, 0.6) is 0 Å². The highest BCUT2D eigenvalue weighted by Gasteiger charge is 2.33. The Labute approximate surface area is 143 Å². The Balaban J connectivity index is 1.74. The molecule has 6 nitrogen and oxygen atoms in total. The number of fused-ring (bicyclic) bond motifs is 1. The average Bonchev–Trinajstić information content (AvgIpc) is 2.87. The van der Waals surface area contributed by atoms with Crippen molar-refractivity contribution in [2.24, 2.45) is 5.92 Å². The van der Waals surface area contributed by atoms with Gasteiger partial charge in [-0.05, 0) is 57.1 Å². The van der Waals surface area contributed by atoms with Crippen molar-refractivity contribution in [2.45, 2.75) is 30.6 Å². The monoisotopic (exact) mass is 351 g/mol. The third-order valence-electron chi connectivity index (χ3n) is 4.83. The van der Waals surface area contributed by atoms with Crippen LogP contribution >= 0.6 is 0 Å². The molecule has 1 heterocycles. The topological polar surface area (TPSA) is 69.7 Å². The third-order valence-corrected chi connectivity index (χ3v) is 6.29. The van der Waals surface area contributed by atoms with Gasteiger partial charge in [0, 0.05) is 31.2 Å². The first-order chi connectivity index (χ1) is 11.4. The van der Waals surface area contributed by atoms with Crippen LogP contribution in [0.1, 0.15) is 24.8 Å². The maximum atomic E-state index is 12.5. The van der Waals surface area contributed by atoms with E-state index < -0.39 is 10.0 Å². The standard InChI is InChI=1S/C17H25N3O3S/c1-19(2)11-9-18-24(22,23)15-6-7-16-14(12-15)8-10-20(16)17(21)13-4-3-5-13/h6-7,12-13,18H,3-5,8-11H2,1-2H3. The van der Waals surface area contributed by atoms with Gasteiger partial charge in [0.2, 0.25) is 15.9 Å². The van der Waals surface area contributed by atoms with E-state index in [4.69, 9.17) is 0 Å². The molecule has 3 rings (SSSR count). The summed E-state index contributed by atoms with van der Waals surface area (Å²) < 4.78 is 27.4. The maximum Gasteiger partial charge on any atom is 0.240 e. The summed E-state index contributed by atoms with van der Waals surface area (Å²) in [5.74, 6) is 0.353. The average molecular weight is 351 g/mol. The van der Waals surface area contributed by atoms with Gasteiger partial charge in [-0.25, -0.2) is 13.1 Å². The number of likely N-dealkylation sites (N-methyl/N-ethyl adjacent to an activating group) is 1. The summed E-state index contributed by atoms with van der Waals surface area (Å²) in [6.07, 6.45) is 3.81. The molecule has 0 unspecified atom stereocenters. The molecular formula is C17H25N3O3S. The zero-order valence-electron chi connectivity index (χ0n) is 14.3. The molecule has 1 aromatic rings. The van der Waals surface area contributed by atoms with E-state index in [1.807, 2.05) is 23.9 Å². The molecule has 24 heavy (non-hydrogen) atoms. The Morgan fingerprint density at radius 2 is 2.08 bits per heavy atom. The number of benzene rings is 1. The number of hydrogen-bond donors (Lipinski definition) is 1. The van der Waals surface area contributed by atoms with E-state index in [1.54, 1.807) is 18.2 Å². The molecule has 0 spiro atoms. The Morgan fingerprint density at radius 3 is 2.71 bits per heavy atom. The zero-order chi connectivity index (χ0) is 17.3. The largest absolute Gasteiger partial charge is 0.312 e. The quantitative estimate of drug-likeness (QED) is 0.837. The number of sulfonamides is 1. The molecule has 1 saturated carbocycles. The molecular weight excluding hydrogens is 326 g/mol. The molecule has 1 fully saturated rings. The first-order valence-electron chi connectivity index (χ1n) is 8.47. The smallest absolute Gasteiger partial charge is 0.240 e. The minimum absolute atomic E-state index is 0.159. The van der Waals surface area contributed by atoms with Crippen LogP contribution in [-0.4, -0.2) is 53.0 Å². The second-order valence-electron chi connectivity index (χ2n) is 6.86. The highest BCUT2D eigenvalue weighted by molar-refractivity contribution is 7.89. The van der Waals surface area contributed by atoms with Crippen LogP contribution in [0.4, 0.5) is 5.69 Å². The van der Waals surface area contributed by atoms with Crippen LogP contribution in [0.3, 0.4) is 0 Å². The number of nitrogens with zero attached hydrogens (tertiary/aromatic N) is 2. The summed E-state index contributed by atoms with van der Waals surface area (Å²) in [6, 6.07) is 5.09. The van der Waals surface area contributed by atoms with Gasteiger partial charge in [0.25, 0.3) is 0 Å². The summed E-state index contributed by atoms with van der Waals surface area (Å²) in [4.78, 5) is 16.5. The summed E-state index contributed by atoms with van der Waals surface area (Å²) >= 11 is 0. The Bertz CT molecular complexity index is 727. The van der Waals surface area contributed by atoms with E-state index in [0.717, 1.165) is 36.9 Å².